The number of thiazole rings is 1. The van der Waals surface area contributed by atoms with E-state index in [0.29, 0.717) is 28.0 Å². The lowest BCUT2D eigenvalue weighted by Crippen LogP contribution is -2.17. The first kappa shape index (κ1) is 23.8. The van der Waals surface area contributed by atoms with Gasteiger partial charge in [-0.15, -0.1) is 0 Å². The van der Waals surface area contributed by atoms with Crippen LogP contribution in [0, 0.1) is 5.53 Å². The molecular formula is C23H28Cl2N4OS. The van der Waals surface area contributed by atoms with Crippen LogP contribution in [-0.4, -0.2) is 17.2 Å². The molecule has 0 aliphatic carbocycles. The van der Waals surface area contributed by atoms with Gasteiger partial charge in [-0.05, 0) is 43.0 Å². The van der Waals surface area contributed by atoms with E-state index in [2.05, 4.69) is 30.5 Å². The molecule has 0 aliphatic rings. The fourth-order valence-corrected chi connectivity index (χ4v) is 4.87. The van der Waals surface area contributed by atoms with Crippen LogP contribution in [0.3, 0.4) is 0 Å². The molecule has 0 amide bonds. The quantitative estimate of drug-likeness (QED) is 0.232. The van der Waals surface area contributed by atoms with Gasteiger partial charge in [0.05, 0.1) is 22.9 Å². The maximum Gasteiger partial charge on any atom is 0.186 e. The first-order valence-corrected chi connectivity index (χ1v) is 12.2. The molecule has 0 bridgehead atoms. The van der Waals surface area contributed by atoms with Gasteiger partial charge in [-0.2, -0.15) is 5.11 Å². The van der Waals surface area contributed by atoms with Crippen molar-refractivity contribution in [2.75, 3.05) is 6.54 Å². The highest BCUT2D eigenvalue weighted by Crippen LogP contribution is 2.35. The van der Waals surface area contributed by atoms with Gasteiger partial charge in [0, 0.05) is 22.7 Å². The molecule has 1 N–H and O–H groups in total. The molecule has 0 saturated carbocycles. The SMILES string of the molecule is CCCCN=c1sc2cc(N=N)c(OC(CC)CC)cc2n1Cc1ccc(Cl)cc1Cl. The van der Waals surface area contributed by atoms with E-state index in [-0.39, 0.29) is 6.10 Å². The Kier molecular flexibility index (Phi) is 8.52. The fraction of sp³-hybridized carbons (Fsp3) is 0.435. The molecule has 5 nitrogen and oxygen atoms in total. The molecule has 0 atom stereocenters. The predicted molar refractivity (Wildman–Crippen MR) is 131 cm³/mol. The van der Waals surface area contributed by atoms with Gasteiger partial charge in [-0.1, -0.05) is 67.8 Å². The second-order valence-corrected chi connectivity index (χ2v) is 9.25. The summed E-state index contributed by atoms with van der Waals surface area (Å²) >= 11 is 14.2. The Bertz CT molecular complexity index is 1120. The minimum absolute atomic E-state index is 0.0875. The van der Waals surface area contributed by atoms with Crippen LogP contribution in [0.2, 0.25) is 10.0 Å². The van der Waals surface area contributed by atoms with Gasteiger partial charge >= 0.3 is 0 Å². The Morgan fingerprint density at radius 1 is 1.13 bits per heavy atom. The van der Waals surface area contributed by atoms with E-state index in [0.717, 1.165) is 52.8 Å². The summed E-state index contributed by atoms with van der Waals surface area (Å²) in [5.41, 5.74) is 10.1. The zero-order valence-electron chi connectivity index (χ0n) is 18.1. The first-order chi connectivity index (χ1) is 15.0. The van der Waals surface area contributed by atoms with Crippen molar-refractivity contribution in [2.24, 2.45) is 10.1 Å². The van der Waals surface area contributed by atoms with Crippen molar-refractivity contribution in [2.45, 2.75) is 59.1 Å². The summed E-state index contributed by atoms with van der Waals surface area (Å²) in [6, 6.07) is 9.47. The largest absolute Gasteiger partial charge is 0.488 e. The summed E-state index contributed by atoms with van der Waals surface area (Å²) in [5, 5.41) is 4.97. The number of benzene rings is 2. The van der Waals surface area contributed by atoms with E-state index in [9.17, 15) is 0 Å². The van der Waals surface area contributed by atoms with Gasteiger partial charge in [0.2, 0.25) is 0 Å². The monoisotopic (exact) mass is 478 g/mol. The predicted octanol–water partition coefficient (Wildman–Crippen LogP) is 7.99. The van der Waals surface area contributed by atoms with Crippen molar-refractivity contribution in [3.63, 3.8) is 0 Å². The van der Waals surface area contributed by atoms with Crippen molar-refractivity contribution in [3.8, 4) is 5.75 Å². The van der Waals surface area contributed by atoms with Gasteiger partial charge in [0.25, 0.3) is 0 Å². The van der Waals surface area contributed by atoms with Crippen molar-refractivity contribution >= 4 is 50.4 Å². The fourth-order valence-electron chi connectivity index (χ4n) is 3.33. The molecule has 0 spiro atoms. The number of ether oxygens (including phenoxy) is 1. The molecule has 0 fully saturated rings. The molecule has 0 unspecified atom stereocenters. The van der Waals surface area contributed by atoms with Crippen molar-refractivity contribution in [1.29, 1.82) is 5.53 Å². The summed E-state index contributed by atoms with van der Waals surface area (Å²) in [7, 11) is 0. The molecule has 1 heterocycles. The topological polar surface area (TPSA) is 62.7 Å². The van der Waals surface area contributed by atoms with Crippen LogP contribution in [0.5, 0.6) is 5.75 Å². The van der Waals surface area contributed by atoms with Gasteiger partial charge < -0.3 is 9.30 Å². The summed E-state index contributed by atoms with van der Waals surface area (Å²) in [4.78, 5) is 5.77. The molecule has 2 aromatic carbocycles. The maximum absolute atomic E-state index is 7.63. The second kappa shape index (κ2) is 11.1. The molecule has 0 saturated heterocycles. The third kappa shape index (κ3) is 5.68. The summed E-state index contributed by atoms with van der Waals surface area (Å²) in [5.74, 6) is 0.630. The average molecular weight is 479 g/mol. The third-order valence-corrected chi connectivity index (χ3v) is 6.86. The highest BCUT2D eigenvalue weighted by atomic mass is 35.5. The molecule has 8 heteroatoms. The van der Waals surface area contributed by atoms with Crippen LogP contribution in [0.1, 0.15) is 52.0 Å². The lowest BCUT2D eigenvalue weighted by atomic mass is 10.2. The number of aromatic nitrogens is 1. The normalized spacial score (nSPS) is 12.1. The molecule has 3 rings (SSSR count). The highest BCUT2D eigenvalue weighted by molar-refractivity contribution is 7.16. The lowest BCUT2D eigenvalue weighted by Gasteiger charge is -2.17. The van der Waals surface area contributed by atoms with Crippen LogP contribution < -0.4 is 9.54 Å². The number of nitrogens with one attached hydrogen (secondary N) is 1. The summed E-state index contributed by atoms with van der Waals surface area (Å²) in [6.07, 6.45) is 4.00. The van der Waals surface area contributed by atoms with E-state index in [1.807, 2.05) is 24.3 Å². The number of hydrogen-bond acceptors (Lipinski definition) is 5. The van der Waals surface area contributed by atoms with Crippen LogP contribution in [0.25, 0.3) is 10.2 Å². The van der Waals surface area contributed by atoms with Crippen molar-refractivity contribution in [3.05, 3.63) is 50.7 Å². The molecule has 31 heavy (non-hydrogen) atoms. The highest BCUT2D eigenvalue weighted by Gasteiger charge is 2.16. The molecule has 1 aromatic heterocycles. The average Bonchev–Trinajstić information content (AvgIpc) is 3.09. The first-order valence-electron chi connectivity index (χ1n) is 10.7. The minimum atomic E-state index is 0.0875. The Hall–Kier alpha value is -1.89. The molecule has 166 valence electrons. The van der Waals surface area contributed by atoms with Gasteiger partial charge in [0.15, 0.2) is 4.80 Å². The number of unbranched alkanes of at least 4 members (excludes halogenated alkanes) is 1. The second-order valence-electron chi connectivity index (χ2n) is 7.40. The van der Waals surface area contributed by atoms with Gasteiger partial charge in [-0.25, -0.2) is 5.53 Å². The van der Waals surface area contributed by atoms with Crippen LogP contribution >= 0.6 is 34.5 Å². The van der Waals surface area contributed by atoms with E-state index in [4.69, 9.17) is 38.5 Å². The smallest absolute Gasteiger partial charge is 0.186 e. The number of halogens is 2. The molecule has 3 aromatic rings. The summed E-state index contributed by atoms with van der Waals surface area (Å²) < 4.78 is 9.38. The molecule has 0 aliphatic heterocycles. The van der Waals surface area contributed by atoms with Crippen LogP contribution in [0.4, 0.5) is 5.69 Å². The minimum Gasteiger partial charge on any atom is -0.488 e. The van der Waals surface area contributed by atoms with Crippen LogP contribution in [0.15, 0.2) is 40.4 Å². The Balaban J connectivity index is 2.16. The molecule has 0 radical (unpaired) electrons. The number of nitrogens with zero attached hydrogens (tertiary/aromatic N) is 3. The number of rotatable bonds is 10. The Labute approximate surface area is 197 Å². The number of fused-ring (bicyclic) bond motifs is 1. The lowest BCUT2D eigenvalue weighted by molar-refractivity contribution is 0.194. The van der Waals surface area contributed by atoms with Crippen LogP contribution in [-0.2, 0) is 6.54 Å². The standard InChI is InChI=1S/C23H28Cl2N4OS/c1-4-7-10-27-23-29(14-15-8-9-16(24)11-18(15)25)20-13-21(30-17(5-2)6-3)19(28-26)12-22(20)31-23/h8-9,11-13,17,26H,4-7,10,14H2,1-3H3. The third-order valence-electron chi connectivity index (χ3n) is 5.19. The number of hydrogen-bond donors (Lipinski definition) is 1. The van der Waals surface area contributed by atoms with E-state index in [1.165, 1.54) is 0 Å². The Morgan fingerprint density at radius 2 is 1.90 bits per heavy atom. The Morgan fingerprint density at radius 3 is 2.55 bits per heavy atom. The van der Waals surface area contributed by atoms with Crippen molar-refractivity contribution in [1.82, 2.24) is 4.57 Å². The summed E-state index contributed by atoms with van der Waals surface area (Å²) in [6.45, 7) is 7.70. The van der Waals surface area contributed by atoms with Gasteiger partial charge in [0.1, 0.15) is 11.4 Å². The zero-order valence-corrected chi connectivity index (χ0v) is 20.4. The van der Waals surface area contributed by atoms with E-state index in [1.54, 1.807) is 17.4 Å². The van der Waals surface area contributed by atoms with E-state index >= 15 is 0 Å². The van der Waals surface area contributed by atoms with Crippen molar-refractivity contribution < 1.29 is 4.74 Å². The zero-order chi connectivity index (χ0) is 22.4. The maximum atomic E-state index is 7.63. The van der Waals surface area contributed by atoms with Gasteiger partial charge in [-0.3, -0.25) is 4.99 Å². The van der Waals surface area contributed by atoms with E-state index < -0.39 is 0 Å². The molecular weight excluding hydrogens is 451 g/mol.